The quantitative estimate of drug-likeness (QED) is 0.541. The van der Waals surface area contributed by atoms with Crippen molar-refractivity contribution in [3.8, 4) is 0 Å². The number of allylic oxidation sites excluding steroid dienone is 3. The minimum atomic E-state index is 0.606. The smallest absolute Gasteiger partial charge is 0.0276 e. The Bertz CT molecular complexity index is 133. The van der Waals surface area contributed by atoms with Gasteiger partial charge < -0.3 is 5.73 Å². The minimum Gasteiger partial charge on any atom is -0.399 e. The Hall–Kier alpha value is -0.720. The Balaban J connectivity index is 2.55. The van der Waals surface area contributed by atoms with Gasteiger partial charge >= 0.3 is 0 Å². The number of hydrogen-bond donors (Lipinski definition) is 1. The molecule has 0 saturated heterocycles. The van der Waals surface area contributed by atoms with Crippen LogP contribution in [0.3, 0.4) is 0 Å². The van der Waals surface area contributed by atoms with Gasteiger partial charge in [0.15, 0.2) is 0 Å². The topological polar surface area (TPSA) is 26.0 Å². The predicted molar refractivity (Wildman–Crippen MR) is 35.2 cm³/mol. The molecule has 1 nitrogen and oxygen atoms in total. The van der Waals surface area contributed by atoms with E-state index in [1.54, 1.807) is 0 Å². The molecular formula is C7H11N. The van der Waals surface area contributed by atoms with E-state index in [0.717, 1.165) is 12.1 Å². The SMILES string of the molecule is CCC1C=CC(N)=C1. The maximum Gasteiger partial charge on any atom is 0.0276 e. The zero-order valence-corrected chi connectivity index (χ0v) is 5.09. The minimum absolute atomic E-state index is 0.606. The van der Waals surface area contributed by atoms with Gasteiger partial charge in [0, 0.05) is 5.70 Å². The average Bonchev–Trinajstić information content (AvgIpc) is 2.14. The van der Waals surface area contributed by atoms with Crippen molar-refractivity contribution in [1.82, 2.24) is 0 Å². The molecule has 1 aliphatic carbocycles. The Morgan fingerprint density at radius 1 is 1.75 bits per heavy atom. The van der Waals surface area contributed by atoms with Crippen molar-refractivity contribution >= 4 is 0 Å². The second-order valence-corrected chi connectivity index (χ2v) is 2.10. The first-order valence-corrected chi connectivity index (χ1v) is 2.98. The van der Waals surface area contributed by atoms with Crippen molar-refractivity contribution in [3.05, 3.63) is 23.9 Å². The number of nitrogens with two attached hydrogens (primary N) is 1. The normalized spacial score (nSPS) is 26.1. The molecule has 0 fully saturated rings. The molecule has 1 aliphatic rings. The van der Waals surface area contributed by atoms with E-state index >= 15 is 0 Å². The highest BCUT2D eigenvalue weighted by molar-refractivity contribution is 5.25. The van der Waals surface area contributed by atoms with E-state index in [1.807, 2.05) is 6.08 Å². The van der Waals surface area contributed by atoms with Gasteiger partial charge in [-0.3, -0.25) is 0 Å². The third kappa shape index (κ3) is 0.915. The van der Waals surface area contributed by atoms with Gasteiger partial charge in [0.25, 0.3) is 0 Å². The number of rotatable bonds is 1. The van der Waals surface area contributed by atoms with Crippen molar-refractivity contribution in [2.24, 2.45) is 11.7 Å². The second kappa shape index (κ2) is 2.03. The lowest BCUT2D eigenvalue weighted by atomic mass is 10.1. The van der Waals surface area contributed by atoms with Crippen molar-refractivity contribution in [2.75, 3.05) is 0 Å². The molecule has 0 heterocycles. The summed E-state index contributed by atoms with van der Waals surface area (Å²) in [7, 11) is 0. The van der Waals surface area contributed by atoms with Gasteiger partial charge in [0.05, 0.1) is 0 Å². The van der Waals surface area contributed by atoms with Crippen molar-refractivity contribution in [1.29, 1.82) is 0 Å². The molecule has 1 rings (SSSR count). The molecule has 0 saturated carbocycles. The molecule has 1 unspecified atom stereocenters. The average molecular weight is 109 g/mol. The molecule has 1 atom stereocenters. The van der Waals surface area contributed by atoms with Crippen LogP contribution in [0.4, 0.5) is 0 Å². The number of hydrogen-bond acceptors (Lipinski definition) is 1. The molecule has 0 bridgehead atoms. The Labute approximate surface area is 49.9 Å². The van der Waals surface area contributed by atoms with E-state index in [-0.39, 0.29) is 0 Å². The molecule has 0 radical (unpaired) electrons. The van der Waals surface area contributed by atoms with Crippen molar-refractivity contribution < 1.29 is 0 Å². The fourth-order valence-corrected chi connectivity index (χ4v) is 0.847. The van der Waals surface area contributed by atoms with Gasteiger partial charge in [-0.1, -0.05) is 19.1 Å². The maximum atomic E-state index is 5.48. The molecule has 44 valence electrons. The zero-order valence-electron chi connectivity index (χ0n) is 5.09. The summed E-state index contributed by atoms with van der Waals surface area (Å²) in [5, 5.41) is 0. The summed E-state index contributed by atoms with van der Waals surface area (Å²) in [4.78, 5) is 0. The Morgan fingerprint density at radius 3 is 2.75 bits per heavy atom. The molecule has 0 aromatic rings. The van der Waals surface area contributed by atoms with Gasteiger partial charge in [-0.05, 0) is 18.4 Å². The third-order valence-electron chi connectivity index (χ3n) is 1.41. The van der Waals surface area contributed by atoms with E-state index < -0.39 is 0 Å². The molecule has 0 aromatic carbocycles. The van der Waals surface area contributed by atoms with Crippen LogP contribution in [0.25, 0.3) is 0 Å². The van der Waals surface area contributed by atoms with E-state index in [4.69, 9.17) is 5.73 Å². The van der Waals surface area contributed by atoms with Gasteiger partial charge in [0.2, 0.25) is 0 Å². The van der Waals surface area contributed by atoms with Crippen LogP contribution in [0.2, 0.25) is 0 Å². The van der Waals surface area contributed by atoms with E-state index in [1.165, 1.54) is 0 Å². The highest BCUT2D eigenvalue weighted by Gasteiger charge is 2.02. The summed E-state index contributed by atoms with van der Waals surface area (Å²) in [6.07, 6.45) is 7.35. The van der Waals surface area contributed by atoms with Gasteiger partial charge in [-0.2, -0.15) is 0 Å². The maximum absolute atomic E-state index is 5.48. The van der Waals surface area contributed by atoms with Gasteiger partial charge in [-0.25, -0.2) is 0 Å². The summed E-state index contributed by atoms with van der Waals surface area (Å²) in [6, 6.07) is 0. The fourth-order valence-electron chi connectivity index (χ4n) is 0.847. The van der Waals surface area contributed by atoms with Gasteiger partial charge in [0.1, 0.15) is 0 Å². The van der Waals surface area contributed by atoms with Gasteiger partial charge in [-0.15, -0.1) is 0 Å². The largest absolute Gasteiger partial charge is 0.399 e. The molecule has 0 aromatic heterocycles. The summed E-state index contributed by atoms with van der Waals surface area (Å²) < 4.78 is 0. The monoisotopic (exact) mass is 109 g/mol. The van der Waals surface area contributed by atoms with Crippen LogP contribution in [0.1, 0.15) is 13.3 Å². The van der Waals surface area contributed by atoms with Crippen LogP contribution in [-0.2, 0) is 0 Å². The predicted octanol–water partition coefficient (Wildman–Crippen LogP) is 1.43. The van der Waals surface area contributed by atoms with E-state index in [9.17, 15) is 0 Å². The lowest BCUT2D eigenvalue weighted by Crippen LogP contribution is -1.89. The first-order valence-electron chi connectivity index (χ1n) is 2.98. The summed E-state index contributed by atoms with van der Waals surface area (Å²) in [6.45, 7) is 2.16. The van der Waals surface area contributed by atoms with E-state index in [0.29, 0.717) is 5.92 Å². The zero-order chi connectivity index (χ0) is 5.98. The van der Waals surface area contributed by atoms with Crippen molar-refractivity contribution in [2.45, 2.75) is 13.3 Å². The van der Waals surface area contributed by atoms with Crippen LogP contribution in [0.15, 0.2) is 23.9 Å². The summed E-state index contributed by atoms with van der Waals surface area (Å²) >= 11 is 0. The Morgan fingerprint density at radius 2 is 2.50 bits per heavy atom. The molecule has 8 heavy (non-hydrogen) atoms. The summed E-state index contributed by atoms with van der Waals surface area (Å²) in [5.74, 6) is 0.606. The Kier molecular flexibility index (Phi) is 1.38. The molecule has 0 aliphatic heterocycles. The molecule has 0 spiro atoms. The molecule has 1 heteroatoms. The summed E-state index contributed by atoms with van der Waals surface area (Å²) in [5.41, 5.74) is 6.39. The van der Waals surface area contributed by atoms with Crippen LogP contribution >= 0.6 is 0 Å². The molecular weight excluding hydrogens is 98.1 g/mol. The van der Waals surface area contributed by atoms with Crippen molar-refractivity contribution in [3.63, 3.8) is 0 Å². The lowest BCUT2D eigenvalue weighted by Gasteiger charge is -1.94. The standard InChI is InChI=1S/C7H11N/c1-2-6-3-4-7(8)5-6/h3-6H,2,8H2,1H3. The highest BCUT2D eigenvalue weighted by atomic mass is 14.6. The van der Waals surface area contributed by atoms with Crippen LogP contribution in [-0.4, -0.2) is 0 Å². The van der Waals surface area contributed by atoms with E-state index in [2.05, 4.69) is 19.1 Å². The molecule has 0 amide bonds. The lowest BCUT2D eigenvalue weighted by molar-refractivity contribution is 0.782. The van der Waals surface area contributed by atoms with Crippen LogP contribution in [0.5, 0.6) is 0 Å². The third-order valence-corrected chi connectivity index (χ3v) is 1.41. The highest BCUT2D eigenvalue weighted by Crippen LogP contribution is 2.14. The second-order valence-electron chi connectivity index (χ2n) is 2.10. The molecule has 2 N–H and O–H groups in total. The fraction of sp³-hybridized carbons (Fsp3) is 0.429. The first kappa shape index (κ1) is 5.42. The first-order chi connectivity index (χ1) is 3.83. The van der Waals surface area contributed by atoms with Crippen LogP contribution < -0.4 is 5.73 Å². The van der Waals surface area contributed by atoms with Crippen LogP contribution in [0, 0.1) is 5.92 Å².